The van der Waals surface area contributed by atoms with Crippen LogP contribution in [0.15, 0.2) is 18.2 Å². The van der Waals surface area contributed by atoms with Crippen molar-refractivity contribution in [1.29, 1.82) is 0 Å². The maximum absolute atomic E-state index is 10.2. The van der Waals surface area contributed by atoms with Crippen molar-refractivity contribution in [3.8, 4) is 10.6 Å². The van der Waals surface area contributed by atoms with Gasteiger partial charge >= 0.3 is 0 Å². The zero-order valence-electron chi connectivity index (χ0n) is 16.4. The van der Waals surface area contributed by atoms with E-state index in [0.717, 1.165) is 27.3 Å². The molecule has 9 heteroatoms. The topological polar surface area (TPSA) is 109 Å². The number of aliphatic hydroxyl groups is 1. The number of nitrogens with zero attached hydrogens (tertiary/aromatic N) is 3. The second-order valence-corrected chi connectivity index (χ2v) is 9.63. The zero-order chi connectivity index (χ0) is 20.5. The second-order valence-electron chi connectivity index (χ2n) is 8.24. The summed E-state index contributed by atoms with van der Waals surface area (Å²) in [5, 5.41) is 17.9. The van der Waals surface area contributed by atoms with E-state index in [1.807, 2.05) is 25.2 Å². The highest BCUT2D eigenvalue weighted by Crippen LogP contribution is 2.66. The Kier molecular flexibility index (Phi) is 4.17. The average Bonchev–Trinajstić information content (AvgIpc) is 2.98. The lowest BCUT2D eigenvalue weighted by Crippen LogP contribution is -2.31. The summed E-state index contributed by atoms with van der Waals surface area (Å²) in [7, 11) is 1.88. The van der Waals surface area contributed by atoms with Gasteiger partial charge in [0.05, 0.1) is 21.9 Å². The first-order valence-electron chi connectivity index (χ1n) is 9.69. The molecule has 0 aliphatic heterocycles. The SMILES string of the molecule is CNc1ccc2sc(-c3c(Cl)nc(N)nc3NC3CC4C(O)C4(C)C3C)nc2c1. The molecule has 7 nitrogen and oxygen atoms in total. The summed E-state index contributed by atoms with van der Waals surface area (Å²) in [5.74, 6) is 1.36. The molecular formula is C20H23ClN6OS. The molecule has 5 atom stereocenters. The van der Waals surface area contributed by atoms with E-state index in [1.54, 1.807) is 11.3 Å². The Morgan fingerprint density at radius 3 is 2.79 bits per heavy atom. The van der Waals surface area contributed by atoms with Gasteiger partial charge in [-0.3, -0.25) is 0 Å². The van der Waals surface area contributed by atoms with E-state index in [0.29, 0.717) is 23.2 Å². The third kappa shape index (κ3) is 2.77. The van der Waals surface area contributed by atoms with Crippen LogP contribution in [0, 0.1) is 17.3 Å². The van der Waals surface area contributed by atoms with Crippen molar-refractivity contribution in [3.63, 3.8) is 0 Å². The van der Waals surface area contributed by atoms with E-state index in [9.17, 15) is 5.11 Å². The fourth-order valence-electron chi connectivity index (χ4n) is 4.79. The summed E-state index contributed by atoms with van der Waals surface area (Å²) in [4.78, 5) is 13.4. The maximum Gasteiger partial charge on any atom is 0.223 e. The molecule has 0 saturated heterocycles. The number of hydrogen-bond donors (Lipinski definition) is 4. The Balaban J connectivity index is 1.54. The van der Waals surface area contributed by atoms with E-state index in [-0.39, 0.29) is 28.7 Å². The van der Waals surface area contributed by atoms with Gasteiger partial charge in [-0.05, 0) is 36.5 Å². The minimum atomic E-state index is -0.209. The Bertz CT molecular complexity index is 1120. The molecule has 5 rings (SSSR count). The van der Waals surface area contributed by atoms with Gasteiger partial charge < -0.3 is 21.5 Å². The summed E-state index contributed by atoms with van der Waals surface area (Å²) < 4.78 is 1.06. The number of benzene rings is 1. The predicted molar refractivity (Wildman–Crippen MR) is 118 cm³/mol. The van der Waals surface area contributed by atoms with Gasteiger partial charge in [-0.15, -0.1) is 11.3 Å². The number of rotatable bonds is 4. The minimum Gasteiger partial charge on any atom is -0.392 e. The molecule has 29 heavy (non-hydrogen) atoms. The summed E-state index contributed by atoms with van der Waals surface area (Å²) in [6.07, 6.45) is 0.685. The van der Waals surface area contributed by atoms with Gasteiger partial charge in [-0.1, -0.05) is 25.4 Å². The quantitative estimate of drug-likeness (QED) is 0.465. The fourth-order valence-corrected chi connectivity index (χ4v) is 6.11. The van der Waals surface area contributed by atoms with Crippen LogP contribution in [0.25, 0.3) is 20.8 Å². The Morgan fingerprint density at radius 1 is 1.31 bits per heavy atom. The molecule has 2 saturated carbocycles. The van der Waals surface area contributed by atoms with Gasteiger partial charge in [-0.2, -0.15) is 4.98 Å². The molecule has 3 aromatic rings. The second kappa shape index (κ2) is 6.42. The van der Waals surface area contributed by atoms with Crippen LogP contribution in [-0.2, 0) is 0 Å². The number of nitrogen functional groups attached to an aromatic ring is 1. The number of nitrogens with one attached hydrogen (secondary N) is 2. The first kappa shape index (κ1) is 18.8. The first-order chi connectivity index (χ1) is 13.8. The lowest BCUT2D eigenvalue weighted by atomic mass is 9.90. The van der Waals surface area contributed by atoms with Gasteiger partial charge in [-0.25, -0.2) is 9.97 Å². The number of hydrogen-bond acceptors (Lipinski definition) is 8. The number of thiazole rings is 1. The lowest BCUT2D eigenvalue weighted by Gasteiger charge is -2.26. The molecule has 0 spiro atoms. The van der Waals surface area contributed by atoms with E-state index < -0.39 is 0 Å². The van der Waals surface area contributed by atoms with Crippen LogP contribution in [-0.4, -0.2) is 39.3 Å². The molecule has 5 N–H and O–H groups in total. The van der Waals surface area contributed by atoms with Crippen LogP contribution in [0.3, 0.4) is 0 Å². The number of aliphatic hydroxyl groups excluding tert-OH is 1. The van der Waals surface area contributed by atoms with Gasteiger partial charge in [0.25, 0.3) is 0 Å². The predicted octanol–water partition coefficient (Wildman–Crippen LogP) is 3.85. The van der Waals surface area contributed by atoms with Crippen molar-refractivity contribution < 1.29 is 5.11 Å². The van der Waals surface area contributed by atoms with Gasteiger partial charge in [0.15, 0.2) is 0 Å². The maximum atomic E-state index is 10.2. The van der Waals surface area contributed by atoms with Gasteiger partial charge in [0.1, 0.15) is 16.0 Å². The van der Waals surface area contributed by atoms with Crippen LogP contribution in [0.5, 0.6) is 0 Å². The molecule has 2 aliphatic rings. The van der Waals surface area contributed by atoms with Crippen LogP contribution >= 0.6 is 22.9 Å². The monoisotopic (exact) mass is 430 g/mol. The number of halogens is 1. The summed E-state index contributed by atoms with van der Waals surface area (Å²) in [6, 6.07) is 6.24. The largest absolute Gasteiger partial charge is 0.392 e. The third-order valence-corrected chi connectivity index (χ3v) is 8.22. The average molecular weight is 431 g/mol. The van der Waals surface area contributed by atoms with Crippen molar-refractivity contribution in [2.75, 3.05) is 23.4 Å². The van der Waals surface area contributed by atoms with Crippen LogP contribution in [0.1, 0.15) is 20.3 Å². The normalized spacial score (nSPS) is 30.4. The van der Waals surface area contributed by atoms with Crippen LogP contribution in [0.2, 0.25) is 5.15 Å². The van der Waals surface area contributed by atoms with E-state index in [1.165, 1.54) is 0 Å². The number of nitrogens with two attached hydrogens (primary N) is 1. The molecule has 5 unspecified atom stereocenters. The smallest absolute Gasteiger partial charge is 0.223 e. The van der Waals surface area contributed by atoms with E-state index in [4.69, 9.17) is 22.3 Å². The molecule has 0 radical (unpaired) electrons. The first-order valence-corrected chi connectivity index (χ1v) is 10.9. The Hall–Kier alpha value is -2.16. The van der Waals surface area contributed by atoms with Crippen LogP contribution < -0.4 is 16.4 Å². The highest BCUT2D eigenvalue weighted by molar-refractivity contribution is 7.21. The van der Waals surface area contributed by atoms with Crippen LogP contribution in [0.4, 0.5) is 17.5 Å². The third-order valence-electron chi connectivity index (χ3n) is 6.90. The van der Waals surface area contributed by atoms with Gasteiger partial charge in [0, 0.05) is 24.2 Å². The van der Waals surface area contributed by atoms with Crippen molar-refractivity contribution in [1.82, 2.24) is 15.0 Å². The zero-order valence-corrected chi connectivity index (χ0v) is 18.0. The number of anilines is 3. The number of fused-ring (bicyclic) bond motifs is 2. The summed E-state index contributed by atoms with van der Waals surface area (Å²) in [5.41, 5.74) is 8.43. The van der Waals surface area contributed by atoms with Crippen molar-refractivity contribution >= 4 is 50.6 Å². The highest BCUT2D eigenvalue weighted by atomic mass is 35.5. The highest BCUT2D eigenvalue weighted by Gasteiger charge is 2.69. The lowest BCUT2D eigenvalue weighted by molar-refractivity contribution is 0.175. The standard InChI is InChI=1S/C20H23ClN6OS/c1-8-11(7-10-15(28)20(8,10)2)24-17-14(16(21)26-19(22)27-17)18-25-12-6-9(23-3)4-5-13(12)29-18/h4-6,8,10-11,15,23,28H,7H2,1-3H3,(H3,22,24,26,27). The molecular weight excluding hydrogens is 408 g/mol. The van der Waals surface area contributed by atoms with E-state index >= 15 is 0 Å². The minimum absolute atomic E-state index is 0.0282. The summed E-state index contributed by atoms with van der Waals surface area (Å²) >= 11 is 8.06. The van der Waals surface area contributed by atoms with E-state index in [2.05, 4.69) is 34.4 Å². The van der Waals surface area contributed by atoms with Crippen molar-refractivity contribution in [2.24, 2.45) is 17.3 Å². The molecule has 0 bridgehead atoms. The molecule has 0 amide bonds. The van der Waals surface area contributed by atoms with Gasteiger partial charge in [0.2, 0.25) is 5.95 Å². The fraction of sp³-hybridized carbons (Fsp3) is 0.450. The molecule has 1 aromatic carbocycles. The molecule has 2 heterocycles. The molecule has 152 valence electrons. The number of aromatic nitrogens is 3. The molecule has 2 fully saturated rings. The molecule has 2 aliphatic carbocycles. The van der Waals surface area contributed by atoms with Crippen molar-refractivity contribution in [2.45, 2.75) is 32.4 Å². The Labute approximate surface area is 177 Å². The summed E-state index contributed by atoms with van der Waals surface area (Å²) in [6.45, 7) is 4.33. The Morgan fingerprint density at radius 2 is 2.10 bits per heavy atom. The molecule has 2 aromatic heterocycles. The van der Waals surface area contributed by atoms with Crippen molar-refractivity contribution in [3.05, 3.63) is 23.4 Å².